The van der Waals surface area contributed by atoms with Gasteiger partial charge in [-0.05, 0) is 31.0 Å². The number of benzene rings is 1. The molecule has 0 aliphatic heterocycles. The van der Waals surface area contributed by atoms with Crippen LogP contribution in [-0.2, 0) is 0 Å². The zero-order valence-electron chi connectivity index (χ0n) is 9.00. The minimum absolute atomic E-state index is 0.455. The average Bonchev–Trinajstić information content (AvgIpc) is 2.26. The average molecular weight is 282 g/mol. The molecule has 0 fully saturated rings. The summed E-state index contributed by atoms with van der Waals surface area (Å²) < 4.78 is 6.37. The van der Waals surface area contributed by atoms with Crippen LogP contribution < -0.4 is 4.74 Å². The van der Waals surface area contributed by atoms with E-state index in [0.29, 0.717) is 30.8 Å². The third-order valence-corrected chi connectivity index (χ3v) is 2.53. The Morgan fingerprint density at radius 3 is 2.94 bits per heavy atom. The summed E-state index contributed by atoms with van der Waals surface area (Å²) in [5, 5.41) is 8.39. The molecule has 84 valence electrons. The summed E-state index contributed by atoms with van der Waals surface area (Å²) in [5.41, 5.74) is 1.44. The number of nitrogens with zero attached hydrogens (tertiary/aromatic N) is 1. The maximum absolute atomic E-state index is 10.9. The molecule has 3 nitrogen and oxygen atoms in total. The minimum Gasteiger partial charge on any atom is -0.493 e. The van der Waals surface area contributed by atoms with Crippen molar-refractivity contribution in [3.8, 4) is 11.8 Å². The van der Waals surface area contributed by atoms with E-state index in [9.17, 15) is 4.79 Å². The molecule has 0 radical (unpaired) electrons. The van der Waals surface area contributed by atoms with E-state index in [-0.39, 0.29) is 0 Å². The lowest BCUT2D eigenvalue weighted by molar-refractivity contribution is 0.111. The van der Waals surface area contributed by atoms with Crippen LogP contribution in [-0.4, -0.2) is 12.9 Å². The smallest absolute Gasteiger partial charge is 0.153 e. The quantitative estimate of drug-likeness (QED) is 0.615. The maximum atomic E-state index is 10.9. The number of carbonyl (C=O) groups excluding carboxylic acids is 1. The van der Waals surface area contributed by atoms with Crippen molar-refractivity contribution in [3.63, 3.8) is 0 Å². The molecule has 0 amide bonds. The molecular weight excluding hydrogens is 270 g/mol. The van der Waals surface area contributed by atoms with Crippen LogP contribution in [0.25, 0.3) is 0 Å². The van der Waals surface area contributed by atoms with Crippen LogP contribution in [0.3, 0.4) is 0 Å². The highest BCUT2D eigenvalue weighted by Crippen LogP contribution is 2.26. The largest absolute Gasteiger partial charge is 0.493 e. The van der Waals surface area contributed by atoms with Crippen molar-refractivity contribution in [2.24, 2.45) is 0 Å². The van der Waals surface area contributed by atoms with Crippen molar-refractivity contribution >= 4 is 22.2 Å². The standard InChI is InChI=1S/C12H12BrNO2/c1-9-6-11(13)7-10(8-15)12(9)16-5-3-2-4-14/h6-8H,2-3,5H2,1H3. The molecule has 0 N–H and O–H groups in total. The fraction of sp³-hybridized carbons (Fsp3) is 0.333. The van der Waals surface area contributed by atoms with E-state index < -0.39 is 0 Å². The first-order valence-electron chi connectivity index (χ1n) is 4.94. The number of nitriles is 1. The van der Waals surface area contributed by atoms with E-state index in [1.807, 2.05) is 19.1 Å². The van der Waals surface area contributed by atoms with Gasteiger partial charge in [-0.2, -0.15) is 5.26 Å². The first kappa shape index (κ1) is 12.7. The van der Waals surface area contributed by atoms with Crippen LogP contribution in [0.4, 0.5) is 0 Å². The zero-order chi connectivity index (χ0) is 12.0. The fourth-order valence-corrected chi connectivity index (χ4v) is 1.96. The molecule has 0 spiro atoms. The molecule has 0 bridgehead atoms. The first-order valence-corrected chi connectivity index (χ1v) is 5.73. The number of halogens is 1. The number of aldehydes is 1. The second-order valence-electron chi connectivity index (χ2n) is 3.37. The number of hydrogen-bond donors (Lipinski definition) is 0. The minimum atomic E-state index is 0.455. The molecule has 1 aromatic carbocycles. The molecule has 4 heteroatoms. The van der Waals surface area contributed by atoms with Crippen LogP contribution in [0.2, 0.25) is 0 Å². The first-order chi connectivity index (χ1) is 7.69. The van der Waals surface area contributed by atoms with E-state index in [1.165, 1.54) is 0 Å². The lowest BCUT2D eigenvalue weighted by Gasteiger charge is -2.11. The highest BCUT2D eigenvalue weighted by molar-refractivity contribution is 9.10. The van der Waals surface area contributed by atoms with Crippen LogP contribution in [0, 0.1) is 18.3 Å². The van der Waals surface area contributed by atoms with E-state index in [2.05, 4.69) is 15.9 Å². The Labute approximate surface area is 103 Å². The Hall–Kier alpha value is -1.34. The summed E-state index contributed by atoms with van der Waals surface area (Å²) >= 11 is 3.32. The van der Waals surface area contributed by atoms with Crippen molar-refractivity contribution in [1.82, 2.24) is 0 Å². The molecular formula is C12H12BrNO2. The molecule has 0 heterocycles. The lowest BCUT2D eigenvalue weighted by atomic mass is 10.1. The Morgan fingerprint density at radius 2 is 2.31 bits per heavy atom. The summed E-state index contributed by atoms with van der Waals surface area (Å²) in [6.07, 6.45) is 1.91. The summed E-state index contributed by atoms with van der Waals surface area (Å²) in [6, 6.07) is 5.67. The Balaban J connectivity index is 2.78. The molecule has 0 aromatic heterocycles. The Kier molecular flexibility index (Phi) is 5.00. The molecule has 0 saturated carbocycles. The number of carbonyl (C=O) groups is 1. The molecule has 1 rings (SSSR count). The van der Waals surface area contributed by atoms with Crippen molar-refractivity contribution in [3.05, 3.63) is 27.7 Å². The molecule has 0 aliphatic rings. The fourth-order valence-electron chi connectivity index (χ4n) is 1.37. The van der Waals surface area contributed by atoms with Crippen LogP contribution in [0.15, 0.2) is 16.6 Å². The zero-order valence-corrected chi connectivity index (χ0v) is 10.6. The lowest BCUT2D eigenvalue weighted by Crippen LogP contribution is -2.01. The van der Waals surface area contributed by atoms with Gasteiger partial charge in [-0.3, -0.25) is 4.79 Å². The van der Waals surface area contributed by atoms with Crippen molar-refractivity contribution in [1.29, 1.82) is 5.26 Å². The van der Waals surface area contributed by atoms with Gasteiger partial charge in [-0.25, -0.2) is 0 Å². The number of rotatable bonds is 5. The van der Waals surface area contributed by atoms with E-state index in [1.54, 1.807) is 6.07 Å². The Morgan fingerprint density at radius 1 is 1.56 bits per heavy atom. The van der Waals surface area contributed by atoms with Gasteiger partial charge in [-0.1, -0.05) is 15.9 Å². The topological polar surface area (TPSA) is 50.1 Å². The Bertz CT molecular complexity index is 424. The normalized spacial score (nSPS) is 9.56. The predicted octanol–water partition coefficient (Wildman–Crippen LogP) is 3.25. The third kappa shape index (κ3) is 3.35. The summed E-state index contributed by atoms with van der Waals surface area (Å²) in [5.74, 6) is 0.608. The second kappa shape index (κ2) is 6.29. The van der Waals surface area contributed by atoms with Gasteiger partial charge in [0.05, 0.1) is 18.2 Å². The van der Waals surface area contributed by atoms with E-state index >= 15 is 0 Å². The summed E-state index contributed by atoms with van der Waals surface area (Å²) in [4.78, 5) is 10.9. The van der Waals surface area contributed by atoms with Crippen molar-refractivity contribution in [2.75, 3.05) is 6.61 Å². The predicted molar refractivity (Wildman–Crippen MR) is 64.6 cm³/mol. The van der Waals surface area contributed by atoms with E-state index in [0.717, 1.165) is 16.3 Å². The monoisotopic (exact) mass is 281 g/mol. The van der Waals surface area contributed by atoms with Crippen LogP contribution >= 0.6 is 15.9 Å². The van der Waals surface area contributed by atoms with Gasteiger partial charge in [-0.15, -0.1) is 0 Å². The van der Waals surface area contributed by atoms with Gasteiger partial charge in [0.1, 0.15) is 5.75 Å². The van der Waals surface area contributed by atoms with Gasteiger partial charge >= 0.3 is 0 Å². The molecule has 0 atom stereocenters. The number of ether oxygens (including phenoxy) is 1. The number of unbranched alkanes of at least 4 members (excludes halogenated alkanes) is 1. The van der Waals surface area contributed by atoms with E-state index in [4.69, 9.17) is 10.00 Å². The van der Waals surface area contributed by atoms with Gasteiger partial charge < -0.3 is 4.74 Å². The SMILES string of the molecule is Cc1cc(Br)cc(C=O)c1OCCCC#N. The highest BCUT2D eigenvalue weighted by Gasteiger charge is 2.08. The van der Waals surface area contributed by atoms with Crippen molar-refractivity contribution < 1.29 is 9.53 Å². The van der Waals surface area contributed by atoms with Gasteiger partial charge in [0.25, 0.3) is 0 Å². The molecule has 0 saturated heterocycles. The maximum Gasteiger partial charge on any atom is 0.153 e. The molecule has 0 aliphatic carbocycles. The third-order valence-electron chi connectivity index (χ3n) is 2.07. The van der Waals surface area contributed by atoms with Crippen LogP contribution in [0.1, 0.15) is 28.8 Å². The van der Waals surface area contributed by atoms with Gasteiger partial charge in [0.15, 0.2) is 6.29 Å². The molecule has 0 unspecified atom stereocenters. The number of aryl methyl sites for hydroxylation is 1. The summed E-state index contributed by atoms with van der Waals surface area (Å²) in [7, 11) is 0. The summed E-state index contributed by atoms with van der Waals surface area (Å²) in [6.45, 7) is 2.34. The molecule has 16 heavy (non-hydrogen) atoms. The van der Waals surface area contributed by atoms with Crippen LogP contribution in [0.5, 0.6) is 5.75 Å². The second-order valence-corrected chi connectivity index (χ2v) is 4.28. The highest BCUT2D eigenvalue weighted by atomic mass is 79.9. The van der Waals surface area contributed by atoms with Gasteiger partial charge in [0, 0.05) is 10.9 Å². The van der Waals surface area contributed by atoms with Crippen molar-refractivity contribution in [2.45, 2.75) is 19.8 Å². The number of hydrogen-bond acceptors (Lipinski definition) is 3. The molecule has 1 aromatic rings. The van der Waals surface area contributed by atoms with Gasteiger partial charge in [0.2, 0.25) is 0 Å².